The molecule has 0 aliphatic carbocycles. The van der Waals surface area contributed by atoms with E-state index in [0.717, 1.165) is 41.3 Å². The van der Waals surface area contributed by atoms with E-state index in [1.807, 2.05) is 24.5 Å². The topological polar surface area (TPSA) is 103 Å². The highest BCUT2D eigenvalue weighted by molar-refractivity contribution is 6.06. The molecule has 0 bridgehead atoms. The number of nitrogens with zero attached hydrogens (tertiary/aromatic N) is 3. The number of carbonyl (C=O) groups excluding carboxylic acids is 1. The molecule has 7 nitrogen and oxygen atoms in total. The molecule has 38 heavy (non-hydrogen) atoms. The van der Waals surface area contributed by atoms with E-state index in [1.165, 1.54) is 71.1 Å². The molecule has 1 unspecified atom stereocenters. The van der Waals surface area contributed by atoms with Gasteiger partial charge in [-0.3, -0.25) is 0 Å². The molecule has 0 saturated heterocycles. The predicted octanol–water partition coefficient (Wildman–Crippen LogP) is 7.43. The number of carbonyl (C=O) groups is 1. The summed E-state index contributed by atoms with van der Waals surface area (Å²) in [4.78, 5) is 19.8. The fourth-order valence-electron chi connectivity index (χ4n) is 4.57. The van der Waals surface area contributed by atoms with E-state index >= 15 is 0 Å². The van der Waals surface area contributed by atoms with Gasteiger partial charge in [-0.2, -0.15) is 0 Å². The first-order valence-electron chi connectivity index (χ1n) is 14.7. The highest BCUT2D eigenvalue weighted by Gasteiger charge is 2.12. The van der Waals surface area contributed by atoms with Gasteiger partial charge in [-0.1, -0.05) is 110 Å². The molecule has 0 aliphatic heterocycles. The lowest BCUT2D eigenvalue weighted by atomic mass is 10.1. The molecular weight excluding hydrogens is 476 g/mol. The van der Waals surface area contributed by atoms with Gasteiger partial charge >= 0.3 is 5.97 Å². The Balaban J connectivity index is 0.000000267. The third-order valence-electron chi connectivity index (χ3n) is 6.63. The van der Waals surface area contributed by atoms with Crippen molar-refractivity contribution in [2.24, 2.45) is 5.92 Å². The number of unbranched alkanes of at least 4 members (excludes halogenated alkanes) is 11. The number of ether oxygens (including phenoxy) is 1. The van der Waals surface area contributed by atoms with Crippen molar-refractivity contribution in [1.82, 2.24) is 14.5 Å². The first-order valence-corrected chi connectivity index (χ1v) is 14.7. The Labute approximate surface area is 229 Å². The average molecular weight is 527 g/mol. The number of pyridine rings is 1. The molecule has 3 rings (SSSR count). The summed E-state index contributed by atoms with van der Waals surface area (Å²) in [5, 5.41) is 10.0. The molecule has 0 spiro atoms. The lowest BCUT2D eigenvalue weighted by molar-refractivity contribution is -0.152. The lowest BCUT2D eigenvalue weighted by Crippen LogP contribution is -2.19. The Hall–Kier alpha value is -2.67. The summed E-state index contributed by atoms with van der Waals surface area (Å²) in [5.74, 6) is 0.565. The van der Waals surface area contributed by atoms with E-state index in [-0.39, 0.29) is 0 Å². The summed E-state index contributed by atoms with van der Waals surface area (Å²) in [6, 6.07) is 8.05. The second-order valence-corrected chi connectivity index (χ2v) is 10.7. The normalized spacial score (nSPS) is 12.1. The molecule has 3 aromatic rings. The molecule has 3 N–H and O–H groups in total. The first kappa shape index (κ1) is 31.5. The van der Waals surface area contributed by atoms with Crippen LogP contribution in [0.2, 0.25) is 0 Å². The zero-order valence-corrected chi connectivity index (χ0v) is 24.1. The fraction of sp³-hybridized carbons (Fsp3) is 0.645. The standard InChI is InChI=1S/C17H34O3.C14H16N4/c1-3-4-5-6-7-8-9-10-11-12-13-14-15-20-17(19)16(2)18;1-9(2)7-18-8-16-12-13(18)10-5-3-4-6-11(10)17-14(12)15/h16,18H,3-15H2,1-2H3;3-6,8-9H,7H2,1-2H3,(H2,15,17). The summed E-state index contributed by atoms with van der Waals surface area (Å²) >= 11 is 0. The minimum absolute atomic E-state index is 0.446. The van der Waals surface area contributed by atoms with Crippen LogP contribution >= 0.6 is 0 Å². The van der Waals surface area contributed by atoms with Gasteiger partial charge in [0.2, 0.25) is 0 Å². The SMILES string of the molecule is CC(C)Cn1cnc2c(N)nc3ccccc3c21.CCCCCCCCCCCCCCOC(=O)C(C)O. The quantitative estimate of drug-likeness (QED) is 0.149. The molecule has 0 saturated carbocycles. The van der Waals surface area contributed by atoms with Crippen LogP contribution in [0.3, 0.4) is 0 Å². The van der Waals surface area contributed by atoms with Gasteiger partial charge in [0.15, 0.2) is 5.82 Å². The molecule has 7 heteroatoms. The summed E-state index contributed by atoms with van der Waals surface area (Å²) in [7, 11) is 0. The van der Waals surface area contributed by atoms with Gasteiger partial charge in [0, 0.05) is 11.9 Å². The number of nitrogens with two attached hydrogens (primary N) is 1. The third kappa shape index (κ3) is 11.0. The van der Waals surface area contributed by atoms with E-state index in [4.69, 9.17) is 15.6 Å². The van der Waals surface area contributed by atoms with Crippen LogP contribution in [-0.4, -0.2) is 38.3 Å². The maximum atomic E-state index is 11.0. The molecule has 0 amide bonds. The number of para-hydroxylation sites is 1. The summed E-state index contributed by atoms with van der Waals surface area (Å²) in [5.41, 5.74) is 8.79. The molecule has 212 valence electrons. The number of aromatic nitrogens is 3. The number of imidazole rings is 1. The van der Waals surface area contributed by atoms with Crippen molar-refractivity contribution >= 4 is 33.7 Å². The van der Waals surface area contributed by atoms with Crippen molar-refractivity contribution in [3.05, 3.63) is 30.6 Å². The summed E-state index contributed by atoms with van der Waals surface area (Å²) in [6.45, 7) is 9.46. The average Bonchev–Trinajstić information content (AvgIpc) is 3.31. The molecule has 1 atom stereocenters. The second kappa shape index (κ2) is 17.8. The van der Waals surface area contributed by atoms with Gasteiger partial charge < -0.3 is 20.1 Å². The highest BCUT2D eigenvalue weighted by atomic mass is 16.5. The Morgan fingerprint density at radius 2 is 1.53 bits per heavy atom. The van der Waals surface area contributed by atoms with E-state index in [1.54, 1.807) is 0 Å². The van der Waals surface area contributed by atoms with Gasteiger partial charge in [-0.25, -0.2) is 14.8 Å². The van der Waals surface area contributed by atoms with Crippen molar-refractivity contribution in [1.29, 1.82) is 0 Å². The molecular formula is C31H50N4O3. The van der Waals surface area contributed by atoms with Gasteiger partial charge in [0.05, 0.1) is 24.0 Å². The number of anilines is 1. The number of nitrogen functional groups attached to an aromatic ring is 1. The Kier molecular flexibility index (Phi) is 14.8. The molecule has 1 aromatic carbocycles. The summed E-state index contributed by atoms with van der Waals surface area (Å²) < 4.78 is 7.07. The van der Waals surface area contributed by atoms with Gasteiger partial charge in [-0.15, -0.1) is 0 Å². The van der Waals surface area contributed by atoms with Gasteiger partial charge in [0.25, 0.3) is 0 Å². The monoisotopic (exact) mass is 526 g/mol. The van der Waals surface area contributed by atoms with Crippen LogP contribution in [0.15, 0.2) is 30.6 Å². The van der Waals surface area contributed by atoms with Crippen LogP contribution in [0, 0.1) is 5.92 Å². The number of esters is 1. The molecule has 2 heterocycles. The van der Waals surface area contributed by atoms with Crippen LogP contribution in [0.5, 0.6) is 0 Å². The smallest absolute Gasteiger partial charge is 0.334 e. The molecule has 0 aliphatic rings. The Morgan fingerprint density at radius 1 is 0.947 bits per heavy atom. The zero-order chi connectivity index (χ0) is 27.8. The van der Waals surface area contributed by atoms with Crippen molar-refractivity contribution in [3.8, 4) is 0 Å². The van der Waals surface area contributed by atoms with Crippen molar-refractivity contribution in [2.45, 2.75) is 117 Å². The van der Waals surface area contributed by atoms with Crippen molar-refractivity contribution < 1.29 is 14.6 Å². The minimum atomic E-state index is -0.993. The van der Waals surface area contributed by atoms with Gasteiger partial charge in [0.1, 0.15) is 11.6 Å². The zero-order valence-electron chi connectivity index (χ0n) is 24.1. The first-order chi connectivity index (χ1) is 18.3. The predicted molar refractivity (Wildman–Crippen MR) is 158 cm³/mol. The maximum absolute atomic E-state index is 11.0. The van der Waals surface area contributed by atoms with Crippen LogP contribution in [-0.2, 0) is 16.1 Å². The number of aliphatic hydroxyl groups is 1. The fourth-order valence-corrected chi connectivity index (χ4v) is 4.57. The number of hydrogen-bond acceptors (Lipinski definition) is 6. The third-order valence-corrected chi connectivity index (χ3v) is 6.63. The van der Waals surface area contributed by atoms with Crippen LogP contribution in [0.4, 0.5) is 5.82 Å². The van der Waals surface area contributed by atoms with Gasteiger partial charge in [-0.05, 0) is 25.3 Å². The second-order valence-electron chi connectivity index (χ2n) is 10.7. The number of aliphatic hydroxyl groups excluding tert-OH is 1. The van der Waals surface area contributed by atoms with Crippen LogP contribution in [0.25, 0.3) is 21.9 Å². The maximum Gasteiger partial charge on any atom is 0.334 e. The van der Waals surface area contributed by atoms with E-state index < -0.39 is 12.1 Å². The van der Waals surface area contributed by atoms with E-state index in [9.17, 15) is 4.79 Å². The van der Waals surface area contributed by atoms with Crippen molar-refractivity contribution in [3.63, 3.8) is 0 Å². The van der Waals surface area contributed by atoms with Crippen LogP contribution < -0.4 is 5.73 Å². The van der Waals surface area contributed by atoms with Crippen LogP contribution in [0.1, 0.15) is 105 Å². The van der Waals surface area contributed by atoms with Crippen molar-refractivity contribution in [2.75, 3.05) is 12.3 Å². The Bertz CT molecular complexity index is 1080. The number of fused-ring (bicyclic) bond motifs is 3. The molecule has 0 radical (unpaired) electrons. The highest BCUT2D eigenvalue weighted by Crippen LogP contribution is 2.27. The summed E-state index contributed by atoms with van der Waals surface area (Å²) in [6.07, 6.45) is 16.4. The largest absolute Gasteiger partial charge is 0.464 e. The minimum Gasteiger partial charge on any atom is -0.464 e. The van der Waals surface area contributed by atoms with E-state index in [2.05, 4.69) is 41.4 Å². The van der Waals surface area contributed by atoms with E-state index in [0.29, 0.717) is 18.3 Å². The molecule has 2 aromatic heterocycles. The number of rotatable bonds is 16. The molecule has 0 fully saturated rings. The number of hydrogen-bond donors (Lipinski definition) is 2. The Morgan fingerprint density at radius 3 is 2.11 bits per heavy atom. The lowest BCUT2D eigenvalue weighted by Gasteiger charge is -2.09. The number of benzene rings is 1.